The third-order valence-corrected chi connectivity index (χ3v) is 0. The van der Waals surface area contributed by atoms with Crippen LogP contribution in [-0.4, -0.2) is 39.9 Å². The summed E-state index contributed by atoms with van der Waals surface area (Å²) >= 11 is -9.33. The van der Waals surface area contributed by atoms with Crippen molar-refractivity contribution in [2.24, 2.45) is 0 Å². The Morgan fingerprint density at radius 1 is 0.500 bits per heavy atom. The van der Waals surface area contributed by atoms with E-state index in [1.165, 1.54) is 0 Å². The monoisotopic (exact) mass is 554 g/mol. The van der Waals surface area contributed by atoms with Gasteiger partial charge in [-0.1, -0.05) is 0 Å². The zero-order valence-corrected chi connectivity index (χ0v) is 22.2. The van der Waals surface area contributed by atoms with Gasteiger partial charge in [0.2, 0.25) is 0 Å². The maximum atomic E-state index is 8.44. The summed E-state index contributed by atoms with van der Waals surface area (Å²) in [4.78, 5) is 0. The molecule has 0 aliphatic rings. The average molecular weight is 554 g/mol. The second kappa shape index (κ2) is 37.3. The van der Waals surface area contributed by atoms with Crippen molar-refractivity contribution >= 4 is 34.1 Å². The fourth-order valence-corrected chi connectivity index (χ4v) is 0. The first-order valence-corrected chi connectivity index (χ1v) is 4.50. The van der Waals surface area contributed by atoms with Gasteiger partial charge in [-0.15, -0.1) is 34.1 Å². The van der Waals surface area contributed by atoms with E-state index in [-0.39, 0.29) is 177 Å². The van der Waals surface area contributed by atoms with Crippen molar-refractivity contribution in [1.82, 2.24) is 0 Å². The van der Waals surface area contributed by atoms with E-state index >= 15 is 0 Å². The van der Waals surface area contributed by atoms with Gasteiger partial charge in [0.25, 0.3) is 0 Å². The predicted octanol–water partition coefficient (Wildman–Crippen LogP) is -12.0. The zero-order chi connectivity index (χ0) is 10.7. The molecule has 0 N–H and O–H groups in total. The van der Waals surface area contributed by atoms with Crippen LogP contribution in [0.1, 0.15) is 0 Å². The third kappa shape index (κ3) is 206. The predicted molar refractivity (Wildman–Crippen MR) is 29.1 cm³/mol. The molecule has 0 radical (unpaired) electrons. The molecule has 0 unspecified atom stereocenters. The maximum absolute atomic E-state index is 8.44. The van der Waals surface area contributed by atoms with Crippen LogP contribution >= 0.6 is 0 Å². The van der Waals surface area contributed by atoms with E-state index in [2.05, 4.69) is 0 Å². The van der Waals surface area contributed by atoms with Gasteiger partial charge < -0.3 is 27.3 Å². The minimum atomic E-state index is -3.11. The molecule has 0 spiro atoms. The van der Waals surface area contributed by atoms with Crippen molar-refractivity contribution in [2.75, 3.05) is 0 Å². The fraction of sp³-hybridized carbons (Fsp3) is 0. The van der Waals surface area contributed by atoms with Crippen molar-refractivity contribution in [2.45, 2.75) is 0 Å². The van der Waals surface area contributed by atoms with E-state index in [1.807, 2.05) is 0 Å². The summed E-state index contributed by atoms with van der Waals surface area (Å²) in [6, 6.07) is 0. The van der Waals surface area contributed by atoms with Gasteiger partial charge in [-0.05, 0) is 0 Å². The van der Waals surface area contributed by atoms with Crippen molar-refractivity contribution in [3.8, 4) is 0 Å². The number of hydrogen-bond donors (Lipinski definition) is 0. The molecular weight excluding hydrogens is 554 g/mol. The van der Waals surface area contributed by atoms with E-state index in [0.29, 0.717) is 0 Å². The molecule has 0 aliphatic carbocycles. The summed E-state index contributed by atoms with van der Waals surface area (Å²) in [6.45, 7) is 0. The average Bonchev–Trinajstić information content (AvgIpc) is 1.54. The van der Waals surface area contributed by atoms with Crippen LogP contribution in [0, 0.1) is 0 Å². The molecule has 86 valence electrons. The van der Waals surface area contributed by atoms with Crippen LogP contribution in [0.5, 0.6) is 0 Å². The Hall–Kier alpha value is 5.86. The Morgan fingerprint density at radius 2 is 0.500 bits per heavy atom. The molecule has 0 bridgehead atoms. The molecule has 0 aromatic rings. The van der Waals surface area contributed by atoms with Crippen molar-refractivity contribution < 1.29 is 216 Å². The molecule has 0 atom stereocenters. The summed E-state index contributed by atoms with van der Waals surface area (Å²) in [5, 5.41) is 0. The smallest absolute Gasteiger partial charge is 0.784 e. The quantitative estimate of drug-likeness (QED) is 0.207. The van der Waals surface area contributed by atoms with Gasteiger partial charge in [0.15, 0.2) is 0 Å². The summed E-state index contributed by atoms with van der Waals surface area (Å²) in [7, 11) is 0. The van der Waals surface area contributed by atoms with Gasteiger partial charge in [-0.3, -0.25) is 12.6 Å². The Kier molecular flexibility index (Phi) is 100. The molecule has 0 aromatic carbocycles. The summed E-state index contributed by atoms with van der Waals surface area (Å²) in [6.07, 6.45) is 0. The van der Waals surface area contributed by atoms with Crippen LogP contribution < -0.4 is 154 Å². The molecule has 0 fully saturated rings. The normalized spacial score (nSPS) is 6.56. The van der Waals surface area contributed by atoms with E-state index in [0.717, 1.165) is 0 Å². The van der Waals surface area contributed by atoms with Crippen LogP contribution in [0.25, 0.3) is 0 Å². The van der Waals surface area contributed by atoms with Gasteiger partial charge in [-0.2, -0.15) is 0 Å². The van der Waals surface area contributed by atoms with Crippen LogP contribution in [0.15, 0.2) is 0 Å². The minimum Gasteiger partial charge on any atom is -0.784 e. The zero-order valence-electron chi connectivity index (χ0n) is 8.20. The minimum absolute atomic E-state index is 0. The van der Waals surface area contributed by atoms with E-state index < -0.39 is 34.1 Å². The van der Waals surface area contributed by atoms with Gasteiger partial charge in [-0.25, -0.2) is 0 Å². The molecular formula is AuK3O9S3. The largest absolute Gasteiger partial charge is 3.00 e. The standard InChI is InChI=1S/Au.3K.3H2O3S/c;;;;3*1-4(2)3/h;;;;3*(H2,1,2,3)/q+3;3*+1;;;/p-6. The van der Waals surface area contributed by atoms with Crippen LogP contribution in [0.3, 0.4) is 0 Å². The number of rotatable bonds is 0. The maximum Gasteiger partial charge on any atom is 3.00 e. The topological polar surface area (TPSA) is 190 Å². The molecule has 0 aromatic heterocycles. The Labute approximate surface area is 243 Å². The summed E-state index contributed by atoms with van der Waals surface area (Å²) in [5.41, 5.74) is 0. The van der Waals surface area contributed by atoms with Gasteiger partial charge >= 0.3 is 177 Å². The molecule has 0 amide bonds. The van der Waals surface area contributed by atoms with E-state index in [4.69, 9.17) is 39.9 Å². The second-order valence-corrected chi connectivity index (χ2v) is 1.84. The van der Waals surface area contributed by atoms with E-state index in [1.54, 1.807) is 0 Å². The van der Waals surface area contributed by atoms with Gasteiger partial charge in [0.05, 0.1) is 0 Å². The number of hydrogen-bond acceptors (Lipinski definition) is 9. The Bertz CT molecular complexity index is 124. The van der Waals surface area contributed by atoms with Crippen molar-refractivity contribution in [3.05, 3.63) is 0 Å². The molecule has 0 rings (SSSR count). The summed E-state index contributed by atoms with van der Waals surface area (Å²) < 4.78 is 76.0. The van der Waals surface area contributed by atoms with Crippen LogP contribution in [0.4, 0.5) is 0 Å². The molecule has 9 nitrogen and oxygen atoms in total. The SMILES string of the molecule is O=S([O-])[O-].O=S([O-])[O-].O=S([O-])[O-].[Au+3].[K+].[K+].[K+]. The first-order chi connectivity index (χ1) is 5.20. The first-order valence-electron chi connectivity index (χ1n) is 1.50. The van der Waals surface area contributed by atoms with E-state index in [9.17, 15) is 0 Å². The second-order valence-electron chi connectivity index (χ2n) is 0.612. The summed E-state index contributed by atoms with van der Waals surface area (Å²) in [5.74, 6) is 0. The third-order valence-electron chi connectivity index (χ3n) is 0. The molecule has 0 saturated heterocycles. The van der Waals surface area contributed by atoms with Crippen LogP contribution in [0.2, 0.25) is 0 Å². The van der Waals surface area contributed by atoms with Crippen molar-refractivity contribution in [3.63, 3.8) is 0 Å². The molecule has 16 heteroatoms. The van der Waals surface area contributed by atoms with Gasteiger partial charge in [0, 0.05) is 0 Å². The Balaban J connectivity index is -0.0000000135. The van der Waals surface area contributed by atoms with Crippen LogP contribution in [-0.2, 0) is 56.5 Å². The Morgan fingerprint density at radius 3 is 0.500 bits per heavy atom. The molecule has 16 heavy (non-hydrogen) atoms. The van der Waals surface area contributed by atoms with Gasteiger partial charge in [0.1, 0.15) is 0 Å². The molecule has 0 aliphatic heterocycles. The van der Waals surface area contributed by atoms with Crippen molar-refractivity contribution in [1.29, 1.82) is 0 Å². The fourth-order valence-electron chi connectivity index (χ4n) is 0. The first kappa shape index (κ1) is 43.1. The molecule has 0 heterocycles. The molecule has 0 saturated carbocycles.